The lowest BCUT2D eigenvalue weighted by atomic mass is 9.99. The van der Waals surface area contributed by atoms with E-state index in [9.17, 15) is 4.79 Å². The number of amides is 1. The monoisotopic (exact) mass is 350 g/mol. The van der Waals surface area contributed by atoms with Gasteiger partial charge in [-0.2, -0.15) is 0 Å². The third-order valence-corrected chi connectivity index (χ3v) is 5.17. The van der Waals surface area contributed by atoms with Crippen LogP contribution in [0.3, 0.4) is 0 Å². The minimum absolute atomic E-state index is 0.0216. The van der Waals surface area contributed by atoms with Crippen LogP contribution in [0.5, 0.6) is 0 Å². The molecule has 1 fully saturated rings. The Morgan fingerprint density at radius 1 is 1.19 bits per heavy atom. The number of carbonyl (C=O) groups excluding carboxylic acids is 1. The molecule has 1 N–H and O–H groups in total. The Morgan fingerprint density at radius 2 is 1.88 bits per heavy atom. The lowest BCUT2D eigenvalue weighted by Crippen LogP contribution is -2.27. The average Bonchev–Trinajstić information content (AvgIpc) is 3.25. The van der Waals surface area contributed by atoms with Crippen molar-refractivity contribution in [1.82, 2.24) is 10.2 Å². The molecular weight excluding hydrogens is 320 g/mol. The molecule has 1 aromatic carbocycles. The molecule has 1 aliphatic carbocycles. The summed E-state index contributed by atoms with van der Waals surface area (Å²) >= 11 is 0. The van der Waals surface area contributed by atoms with Crippen LogP contribution >= 0.6 is 0 Å². The summed E-state index contributed by atoms with van der Waals surface area (Å²) in [6.07, 6.45) is 9.22. The molecule has 3 nitrogen and oxygen atoms in total. The lowest BCUT2D eigenvalue weighted by Gasteiger charge is -2.19. The Balaban J connectivity index is 1.85. The maximum atomic E-state index is 12.1. The van der Waals surface area contributed by atoms with E-state index in [1.165, 1.54) is 29.7 Å². The van der Waals surface area contributed by atoms with Crippen molar-refractivity contribution in [2.24, 2.45) is 5.92 Å². The van der Waals surface area contributed by atoms with E-state index in [0.717, 1.165) is 24.4 Å². The van der Waals surface area contributed by atoms with Gasteiger partial charge in [0.05, 0.1) is 0 Å². The van der Waals surface area contributed by atoms with Gasteiger partial charge in [-0.25, -0.2) is 0 Å². The largest absolute Gasteiger partial charge is 0.371 e. The summed E-state index contributed by atoms with van der Waals surface area (Å²) in [4.78, 5) is 14.6. The Labute approximate surface area is 157 Å². The van der Waals surface area contributed by atoms with E-state index >= 15 is 0 Å². The standard InChI is InChI=1S/C23H30N2O/c1-16(2)21(24-23(26)17(3)4)12-11-18-15-22(25-13-7-8-14-25)20-10-6-5-9-19(18)20/h5-6,9-12,15,17-18H,7-8,13-14H2,1-4H3,(H,24,26). The number of rotatable bonds is 5. The smallest absolute Gasteiger partial charge is 0.226 e. The summed E-state index contributed by atoms with van der Waals surface area (Å²) in [5, 5.41) is 3.05. The second kappa shape index (κ2) is 7.94. The van der Waals surface area contributed by atoms with Gasteiger partial charge in [-0.1, -0.05) is 49.8 Å². The van der Waals surface area contributed by atoms with Crippen molar-refractivity contribution < 1.29 is 4.79 Å². The predicted octanol–water partition coefficient (Wildman–Crippen LogP) is 4.84. The van der Waals surface area contributed by atoms with Gasteiger partial charge in [0, 0.05) is 41.9 Å². The van der Waals surface area contributed by atoms with Gasteiger partial charge in [-0.3, -0.25) is 4.79 Å². The molecule has 1 aromatic rings. The van der Waals surface area contributed by atoms with Crippen LogP contribution in [0.4, 0.5) is 0 Å². The first kappa shape index (κ1) is 18.5. The number of likely N-dealkylation sites (tertiary alicyclic amines) is 1. The van der Waals surface area contributed by atoms with Gasteiger partial charge < -0.3 is 10.2 Å². The van der Waals surface area contributed by atoms with Crippen molar-refractivity contribution in [2.45, 2.75) is 46.5 Å². The number of benzene rings is 1. The first-order valence-electron chi connectivity index (χ1n) is 9.70. The van der Waals surface area contributed by atoms with Crippen LogP contribution < -0.4 is 5.32 Å². The minimum atomic E-state index is -0.0216. The summed E-state index contributed by atoms with van der Waals surface area (Å²) in [7, 11) is 0. The number of fused-ring (bicyclic) bond motifs is 1. The average molecular weight is 351 g/mol. The lowest BCUT2D eigenvalue weighted by molar-refractivity contribution is -0.123. The molecule has 0 bridgehead atoms. The molecule has 1 saturated heterocycles. The number of hydrogen-bond donors (Lipinski definition) is 1. The molecule has 2 aliphatic rings. The van der Waals surface area contributed by atoms with Gasteiger partial charge >= 0.3 is 0 Å². The fourth-order valence-corrected chi connectivity index (χ4v) is 3.57. The number of allylic oxidation sites excluding steroid dienone is 4. The van der Waals surface area contributed by atoms with E-state index in [0.29, 0.717) is 0 Å². The van der Waals surface area contributed by atoms with Crippen molar-refractivity contribution in [3.8, 4) is 0 Å². The fraction of sp³-hybridized carbons (Fsp3) is 0.435. The SMILES string of the molecule is CC(C)=C(C=CC1C=C(N2CCCC2)c2ccccc21)NC(=O)C(C)C. The summed E-state index contributed by atoms with van der Waals surface area (Å²) in [5.41, 5.74) is 6.11. The molecule has 1 unspecified atom stereocenters. The molecule has 1 atom stereocenters. The highest BCUT2D eigenvalue weighted by Gasteiger charge is 2.26. The van der Waals surface area contributed by atoms with Crippen molar-refractivity contribution in [1.29, 1.82) is 0 Å². The fourth-order valence-electron chi connectivity index (χ4n) is 3.57. The van der Waals surface area contributed by atoms with E-state index in [2.05, 4.69) is 52.7 Å². The van der Waals surface area contributed by atoms with Gasteiger partial charge in [-0.05, 0) is 44.4 Å². The topological polar surface area (TPSA) is 32.3 Å². The van der Waals surface area contributed by atoms with E-state index in [1.54, 1.807) is 0 Å². The van der Waals surface area contributed by atoms with Gasteiger partial charge in [-0.15, -0.1) is 0 Å². The van der Waals surface area contributed by atoms with Crippen LogP contribution in [-0.4, -0.2) is 23.9 Å². The number of nitrogens with zero attached hydrogens (tertiary/aromatic N) is 1. The summed E-state index contributed by atoms with van der Waals surface area (Å²) in [5.74, 6) is 0.296. The molecule has 3 rings (SSSR count). The van der Waals surface area contributed by atoms with Crippen molar-refractivity contribution in [3.63, 3.8) is 0 Å². The van der Waals surface area contributed by atoms with Gasteiger partial charge in [0.1, 0.15) is 0 Å². The maximum Gasteiger partial charge on any atom is 0.226 e. The number of hydrogen-bond acceptors (Lipinski definition) is 2. The Bertz CT molecular complexity index is 760. The second-order valence-corrected chi connectivity index (χ2v) is 7.78. The maximum absolute atomic E-state index is 12.1. The molecule has 26 heavy (non-hydrogen) atoms. The molecule has 138 valence electrons. The zero-order chi connectivity index (χ0) is 18.7. The van der Waals surface area contributed by atoms with Crippen LogP contribution in [0, 0.1) is 5.92 Å². The summed E-state index contributed by atoms with van der Waals surface area (Å²) in [6, 6.07) is 8.69. The molecule has 0 saturated carbocycles. The van der Waals surface area contributed by atoms with Crippen molar-refractivity contribution in [3.05, 3.63) is 64.9 Å². The highest BCUT2D eigenvalue weighted by molar-refractivity contribution is 5.80. The Kier molecular flexibility index (Phi) is 5.65. The quantitative estimate of drug-likeness (QED) is 0.771. The molecule has 0 spiro atoms. The first-order chi connectivity index (χ1) is 12.5. The van der Waals surface area contributed by atoms with Crippen LogP contribution in [0.1, 0.15) is 57.6 Å². The minimum Gasteiger partial charge on any atom is -0.371 e. The molecule has 1 aliphatic heterocycles. The van der Waals surface area contributed by atoms with Gasteiger partial charge in [0.25, 0.3) is 0 Å². The highest BCUT2D eigenvalue weighted by atomic mass is 16.1. The third-order valence-electron chi connectivity index (χ3n) is 5.17. The molecule has 1 heterocycles. The summed E-state index contributed by atoms with van der Waals surface area (Å²) < 4.78 is 0. The van der Waals surface area contributed by atoms with Gasteiger partial charge in [0.2, 0.25) is 5.91 Å². The van der Waals surface area contributed by atoms with E-state index in [4.69, 9.17) is 0 Å². The zero-order valence-corrected chi connectivity index (χ0v) is 16.4. The Hall–Kier alpha value is -2.29. The van der Waals surface area contributed by atoms with E-state index < -0.39 is 0 Å². The Morgan fingerprint density at radius 3 is 2.54 bits per heavy atom. The second-order valence-electron chi connectivity index (χ2n) is 7.78. The van der Waals surface area contributed by atoms with Crippen LogP contribution in [0.15, 0.2) is 53.8 Å². The molecule has 3 heteroatoms. The van der Waals surface area contributed by atoms with Crippen LogP contribution in [0.25, 0.3) is 5.70 Å². The molecule has 1 amide bonds. The normalized spacial score (nSPS) is 19.0. The molecular formula is C23H30N2O. The summed E-state index contributed by atoms with van der Waals surface area (Å²) in [6.45, 7) is 10.2. The van der Waals surface area contributed by atoms with Crippen molar-refractivity contribution >= 4 is 11.6 Å². The first-order valence-corrected chi connectivity index (χ1v) is 9.70. The predicted molar refractivity (Wildman–Crippen MR) is 108 cm³/mol. The number of carbonyl (C=O) groups is 1. The zero-order valence-electron chi connectivity index (χ0n) is 16.4. The van der Waals surface area contributed by atoms with Crippen LogP contribution in [0.2, 0.25) is 0 Å². The van der Waals surface area contributed by atoms with Gasteiger partial charge in [0.15, 0.2) is 0 Å². The van der Waals surface area contributed by atoms with E-state index in [-0.39, 0.29) is 17.7 Å². The van der Waals surface area contributed by atoms with Crippen LogP contribution in [-0.2, 0) is 4.79 Å². The van der Waals surface area contributed by atoms with Crippen molar-refractivity contribution in [2.75, 3.05) is 13.1 Å². The molecule has 0 aromatic heterocycles. The number of nitrogens with one attached hydrogen (secondary N) is 1. The highest BCUT2D eigenvalue weighted by Crippen LogP contribution is 2.39. The van der Waals surface area contributed by atoms with E-state index in [1.807, 2.05) is 27.7 Å². The molecule has 0 radical (unpaired) electrons. The third kappa shape index (κ3) is 3.92.